The van der Waals surface area contributed by atoms with E-state index >= 15 is 0 Å². The predicted octanol–water partition coefficient (Wildman–Crippen LogP) is 1.63. The summed E-state index contributed by atoms with van der Waals surface area (Å²) in [7, 11) is 0. The highest BCUT2D eigenvalue weighted by molar-refractivity contribution is 4.95. The van der Waals surface area contributed by atoms with Crippen LogP contribution in [0.1, 0.15) is 38.5 Å². The molecule has 14 heavy (non-hydrogen) atoms. The Balaban J connectivity index is 1.55. The Morgan fingerprint density at radius 3 is 2.21 bits per heavy atom. The molecule has 2 nitrogen and oxygen atoms in total. The average molecular weight is 195 g/mol. The molecule has 1 heterocycles. The third-order valence-corrected chi connectivity index (χ3v) is 4.60. The number of fused-ring (bicyclic) bond motifs is 1. The summed E-state index contributed by atoms with van der Waals surface area (Å²) in [5, 5.41) is 10.1. The maximum Gasteiger partial charge on any atom is 0.0774 e. The first-order valence-corrected chi connectivity index (χ1v) is 6.20. The molecule has 2 aliphatic carbocycles. The van der Waals surface area contributed by atoms with Crippen LogP contribution < -0.4 is 0 Å². The highest BCUT2D eigenvalue weighted by Gasteiger charge is 2.41. The van der Waals surface area contributed by atoms with Crippen LogP contribution in [0, 0.1) is 11.8 Å². The molecule has 0 aromatic heterocycles. The van der Waals surface area contributed by atoms with Gasteiger partial charge in [0.25, 0.3) is 0 Å². The number of rotatable bonds is 2. The maximum atomic E-state index is 10.1. The second-order valence-corrected chi connectivity index (χ2v) is 5.72. The summed E-state index contributed by atoms with van der Waals surface area (Å²) < 4.78 is 0. The Hall–Kier alpha value is -0.0800. The lowest BCUT2D eigenvalue weighted by Gasteiger charge is -2.39. The van der Waals surface area contributed by atoms with Gasteiger partial charge in [-0.25, -0.2) is 0 Å². The summed E-state index contributed by atoms with van der Waals surface area (Å²) in [5.41, 5.74) is -0.293. The van der Waals surface area contributed by atoms with Crippen molar-refractivity contribution in [1.29, 1.82) is 0 Å². The number of β-amino-alcohol motifs (C(OH)–C–C–N with tert-alkyl or cyclic N) is 1. The fourth-order valence-electron chi connectivity index (χ4n) is 3.62. The molecule has 0 bridgehead atoms. The molecule has 1 N–H and O–H groups in total. The van der Waals surface area contributed by atoms with E-state index in [1.807, 2.05) is 0 Å². The Kier molecular flexibility index (Phi) is 2.10. The van der Waals surface area contributed by atoms with Gasteiger partial charge in [-0.05, 0) is 43.9 Å². The standard InChI is InChI=1S/C12H21NO/c14-12(5-2-6-12)9-13-7-10-3-1-4-11(10)8-13/h10-11,14H,1-9H2/t10-,11+. The van der Waals surface area contributed by atoms with Gasteiger partial charge in [-0.1, -0.05) is 6.42 Å². The quantitative estimate of drug-likeness (QED) is 0.724. The maximum absolute atomic E-state index is 10.1. The molecule has 2 atom stereocenters. The molecule has 0 unspecified atom stereocenters. The second-order valence-electron chi connectivity index (χ2n) is 5.72. The molecule has 3 rings (SSSR count). The van der Waals surface area contributed by atoms with E-state index in [-0.39, 0.29) is 5.60 Å². The normalized spacial score (nSPS) is 40.9. The van der Waals surface area contributed by atoms with E-state index in [9.17, 15) is 5.11 Å². The second kappa shape index (κ2) is 3.21. The van der Waals surface area contributed by atoms with Crippen molar-refractivity contribution in [3.63, 3.8) is 0 Å². The number of likely N-dealkylation sites (tertiary alicyclic amines) is 1. The van der Waals surface area contributed by atoms with E-state index in [0.717, 1.165) is 31.2 Å². The summed E-state index contributed by atoms with van der Waals surface area (Å²) in [6.07, 6.45) is 7.65. The SMILES string of the molecule is OC1(CN2C[C@H]3CCC[C@H]3C2)CCC1. The predicted molar refractivity (Wildman–Crippen MR) is 56.1 cm³/mol. The van der Waals surface area contributed by atoms with Crippen molar-refractivity contribution < 1.29 is 5.11 Å². The van der Waals surface area contributed by atoms with Gasteiger partial charge in [-0.2, -0.15) is 0 Å². The first-order valence-electron chi connectivity index (χ1n) is 6.20. The molecule has 3 aliphatic rings. The van der Waals surface area contributed by atoms with E-state index in [1.54, 1.807) is 0 Å². The Morgan fingerprint density at radius 2 is 1.71 bits per heavy atom. The summed E-state index contributed by atoms with van der Waals surface area (Å²) in [6.45, 7) is 3.50. The summed E-state index contributed by atoms with van der Waals surface area (Å²) in [4.78, 5) is 2.52. The molecule has 80 valence electrons. The van der Waals surface area contributed by atoms with Gasteiger partial charge in [-0.15, -0.1) is 0 Å². The largest absolute Gasteiger partial charge is 0.389 e. The van der Waals surface area contributed by atoms with Crippen molar-refractivity contribution in [2.45, 2.75) is 44.1 Å². The number of nitrogens with zero attached hydrogens (tertiary/aromatic N) is 1. The van der Waals surface area contributed by atoms with Crippen molar-refractivity contribution in [3.05, 3.63) is 0 Å². The van der Waals surface area contributed by atoms with E-state index in [1.165, 1.54) is 38.8 Å². The molecule has 1 aliphatic heterocycles. The van der Waals surface area contributed by atoms with Gasteiger partial charge >= 0.3 is 0 Å². The lowest BCUT2D eigenvalue weighted by atomic mass is 9.80. The topological polar surface area (TPSA) is 23.5 Å². The third kappa shape index (κ3) is 1.49. The molecule has 0 aromatic rings. The lowest BCUT2D eigenvalue weighted by molar-refractivity contribution is -0.0559. The fourth-order valence-corrected chi connectivity index (χ4v) is 3.62. The molecule has 3 fully saturated rings. The van der Waals surface area contributed by atoms with Crippen molar-refractivity contribution >= 4 is 0 Å². The van der Waals surface area contributed by atoms with Crippen LogP contribution in [0.2, 0.25) is 0 Å². The minimum Gasteiger partial charge on any atom is -0.389 e. The minimum atomic E-state index is -0.293. The highest BCUT2D eigenvalue weighted by Crippen LogP contribution is 2.40. The smallest absolute Gasteiger partial charge is 0.0774 e. The lowest BCUT2D eigenvalue weighted by Crippen LogP contribution is -2.47. The molecule has 1 saturated heterocycles. The van der Waals surface area contributed by atoms with Crippen LogP contribution in [-0.4, -0.2) is 35.2 Å². The number of hydrogen-bond acceptors (Lipinski definition) is 2. The van der Waals surface area contributed by atoms with Crippen LogP contribution in [0.25, 0.3) is 0 Å². The monoisotopic (exact) mass is 195 g/mol. The summed E-state index contributed by atoms with van der Waals surface area (Å²) in [5.74, 6) is 1.94. The van der Waals surface area contributed by atoms with Crippen LogP contribution in [-0.2, 0) is 0 Å². The van der Waals surface area contributed by atoms with E-state index in [2.05, 4.69) is 4.90 Å². The average Bonchev–Trinajstić information content (AvgIpc) is 2.60. The van der Waals surface area contributed by atoms with Gasteiger partial charge in [0, 0.05) is 19.6 Å². The van der Waals surface area contributed by atoms with Crippen molar-refractivity contribution in [1.82, 2.24) is 4.90 Å². The van der Waals surface area contributed by atoms with Gasteiger partial charge in [0.2, 0.25) is 0 Å². The molecular formula is C12H21NO. The van der Waals surface area contributed by atoms with Gasteiger partial charge in [0.05, 0.1) is 5.60 Å². The minimum absolute atomic E-state index is 0.293. The molecule has 0 aromatic carbocycles. The Labute approximate surface area is 86.3 Å². The number of aliphatic hydroxyl groups is 1. The van der Waals surface area contributed by atoms with E-state index < -0.39 is 0 Å². The summed E-state index contributed by atoms with van der Waals surface area (Å²) >= 11 is 0. The van der Waals surface area contributed by atoms with E-state index in [0.29, 0.717) is 0 Å². The fraction of sp³-hybridized carbons (Fsp3) is 1.00. The third-order valence-electron chi connectivity index (χ3n) is 4.60. The molecule has 2 heteroatoms. The van der Waals surface area contributed by atoms with Gasteiger partial charge < -0.3 is 5.11 Å². The van der Waals surface area contributed by atoms with Crippen LogP contribution in [0.15, 0.2) is 0 Å². The van der Waals surface area contributed by atoms with Gasteiger partial charge in [0.1, 0.15) is 0 Å². The van der Waals surface area contributed by atoms with Crippen LogP contribution >= 0.6 is 0 Å². The first kappa shape index (κ1) is 9.17. The zero-order valence-electron chi connectivity index (χ0n) is 8.91. The zero-order chi connectivity index (χ0) is 9.60. The van der Waals surface area contributed by atoms with Crippen LogP contribution in [0.4, 0.5) is 0 Å². The highest BCUT2D eigenvalue weighted by atomic mass is 16.3. The van der Waals surface area contributed by atoms with E-state index in [4.69, 9.17) is 0 Å². The van der Waals surface area contributed by atoms with Crippen molar-refractivity contribution in [2.24, 2.45) is 11.8 Å². The Morgan fingerprint density at radius 1 is 1.07 bits per heavy atom. The van der Waals surface area contributed by atoms with Crippen LogP contribution in [0.5, 0.6) is 0 Å². The number of hydrogen-bond donors (Lipinski definition) is 1. The molecular weight excluding hydrogens is 174 g/mol. The molecule has 0 amide bonds. The zero-order valence-corrected chi connectivity index (χ0v) is 8.91. The Bertz CT molecular complexity index is 212. The van der Waals surface area contributed by atoms with Gasteiger partial charge in [-0.3, -0.25) is 4.90 Å². The van der Waals surface area contributed by atoms with Crippen LogP contribution in [0.3, 0.4) is 0 Å². The van der Waals surface area contributed by atoms with Crippen molar-refractivity contribution in [3.8, 4) is 0 Å². The first-order chi connectivity index (χ1) is 6.75. The van der Waals surface area contributed by atoms with Crippen molar-refractivity contribution in [2.75, 3.05) is 19.6 Å². The summed E-state index contributed by atoms with van der Waals surface area (Å²) in [6, 6.07) is 0. The molecule has 2 saturated carbocycles. The molecule has 0 spiro atoms. The molecule has 0 radical (unpaired) electrons. The van der Waals surface area contributed by atoms with Gasteiger partial charge in [0.15, 0.2) is 0 Å².